The van der Waals surface area contributed by atoms with Gasteiger partial charge in [-0.2, -0.15) is 0 Å². The summed E-state index contributed by atoms with van der Waals surface area (Å²) < 4.78 is 265. The van der Waals surface area contributed by atoms with Crippen LogP contribution in [0.2, 0.25) is 0 Å². The third kappa shape index (κ3) is 4.46. The fourth-order valence-corrected chi connectivity index (χ4v) is 7.35. The van der Waals surface area contributed by atoms with Gasteiger partial charge in [0.2, 0.25) is 0 Å². The Morgan fingerprint density at radius 3 is 1.58 bits per heavy atom. The molecule has 0 N–H and O–H groups in total. The van der Waals surface area contributed by atoms with E-state index in [-0.39, 0.29) is 18.9 Å². The molecule has 0 fully saturated rings. The summed E-state index contributed by atoms with van der Waals surface area (Å²) in [5.41, 5.74) is -9.31. The van der Waals surface area contributed by atoms with Crippen LogP contribution in [0.4, 0.5) is 80.3 Å². The molecule has 0 saturated carbocycles. The van der Waals surface area contributed by atoms with Crippen molar-refractivity contribution < 1.29 is 74.6 Å². The number of fused-ring (bicyclic) bond motifs is 2. The minimum Gasteiger partial charge on any atom is -0.328 e. The second kappa shape index (κ2) is 12.1. The normalized spacial score (nSPS) is 20.2. The predicted molar refractivity (Wildman–Crippen MR) is 156 cm³/mol. The van der Waals surface area contributed by atoms with Gasteiger partial charge in [0.05, 0.1) is 21.8 Å². The summed E-state index contributed by atoms with van der Waals surface area (Å²) in [6, 6.07) is -0.243. The molecule has 0 spiro atoms. The highest BCUT2D eigenvalue weighted by molar-refractivity contribution is 6.26. The van der Waals surface area contributed by atoms with E-state index in [2.05, 4.69) is 0 Å². The molecule has 18 heteroatoms. The van der Waals surface area contributed by atoms with E-state index < -0.39 is 178 Å². The molecule has 0 bridgehead atoms. The van der Waals surface area contributed by atoms with Crippen molar-refractivity contribution in [2.75, 3.05) is 11.4 Å². The maximum absolute atomic E-state index is 17.6. The lowest BCUT2D eigenvalue weighted by Crippen LogP contribution is -2.56. The van der Waals surface area contributed by atoms with Crippen molar-refractivity contribution in [1.82, 2.24) is 0 Å². The third-order valence-corrected chi connectivity index (χ3v) is 9.69. The highest BCUT2D eigenvalue weighted by atomic mass is 19.2. The number of nitrogens with zero attached hydrogens (tertiary/aromatic N) is 1. The number of unbranched alkanes of at least 4 members (excludes halogenated alkanes) is 3. The molecular formula is C35H16F17N. The number of benzene rings is 5. The number of halogens is 17. The number of allylic oxidation sites excluding steroid dienone is 2. The van der Waals surface area contributed by atoms with Crippen molar-refractivity contribution in [2.45, 2.75) is 50.7 Å². The largest absolute Gasteiger partial charge is 0.328 e. The van der Waals surface area contributed by atoms with Crippen LogP contribution in [0.5, 0.6) is 0 Å². The van der Waals surface area contributed by atoms with Crippen molar-refractivity contribution >= 4 is 43.6 Å². The highest BCUT2D eigenvalue weighted by Crippen LogP contribution is 2.60. The van der Waals surface area contributed by atoms with E-state index >= 15 is 52.7 Å². The zero-order chi connectivity index (χ0) is 38.9. The van der Waals surface area contributed by atoms with Gasteiger partial charge in [-0.15, -0.1) is 0 Å². The second-order valence-electron chi connectivity index (χ2n) is 12.4. The Morgan fingerprint density at radius 1 is 0.547 bits per heavy atom. The van der Waals surface area contributed by atoms with E-state index in [1.807, 2.05) is 0 Å². The van der Waals surface area contributed by atoms with Crippen LogP contribution in [-0.4, -0.2) is 18.5 Å². The van der Waals surface area contributed by atoms with E-state index in [0.717, 1.165) is 0 Å². The first kappa shape index (κ1) is 36.6. The summed E-state index contributed by atoms with van der Waals surface area (Å²) in [6.45, 7) is 0.237. The second-order valence-corrected chi connectivity index (χ2v) is 12.4. The molecular weight excluding hydrogens is 757 g/mol. The molecule has 0 radical (unpaired) electrons. The zero-order valence-electron chi connectivity index (χ0n) is 26.1. The molecule has 3 unspecified atom stereocenters. The summed E-state index contributed by atoms with van der Waals surface area (Å²) in [5.74, 6) is -41.0. The zero-order valence-corrected chi connectivity index (χ0v) is 26.1. The number of hydrogen-bond donors (Lipinski definition) is 0. The number of rotatable bonds is 7. The monoisotopic (exact) mass is 773 g/mol. The SMILES string of the molecule is CCCCCCN(c1c(F)c(F)c2c(F)c(F)c3c(F)c(F)c(F)c4c(F)c(F)c1c2c34)C1(F)C(F)=C(F)C2=C(c3c(F)c(F)cc(F)c3C2F)C1F. The van der Waals surface area contributed by atoms with Crippen LogP contribution in [0.25, 0.3) is 37.9 Å². The standard InChI is InChI=1S/C35H16F17N/c1-2-3-4-5-6-53(35(52)33(50)14-13-10(8(36)7-9(37)20(13)38)21(39)18(14)29(47)34(35)51)32-19-12-11-15(22(40)23(41)17(12)27(45)31(32)49)25(43)30(48)26(44)16(11)24(42)28(19)46/h7,21,33H,2-6H2,1H3. The van der Waals surface area contributed by atoms with Crippen molar-refractivity contribution in [3.05, 3.63) is 104 Å². The molecule has 5 aromatic carbocycles. The molecule has 2 aliphatic carbocycles. The Morgan fingerprint density at radius 2 is 1.04 bits per heavy atom. The molecule has 0 amide bonds. The van der Waals surface area contributed by atoms with Crippen molar-refractivity contribution in [1.29, 1.82) is 0 Å². The fourth-order valence-electron chi connectivity index (χ4n) is 7.35. The quantitative estimate of drug-likeness (QED) is 0.0398. The maximum Gasteiger partial charge on any atom is 0.273 e. The number of alkyl halides is 3. The van der Waals surface area contributed by atoms with Gasteiger partial charge in [-0.25, -0.2) is 74.6 Å². The molecule has 280 valence electrons. The van der Waals surface area contributed by atoms with E-state index in [4.69, 9.17) is 0 Å². The van der Waals surface area contributed by atoms with Gasteiger partial charge < -0.3 is 4.90 Å². The van der Waals surface area contributed by atoms with Crippen LogP contribution < -0.4 is 4.90 Å². The van der Waals surface area contributed by atoms with Gasteiger partial charge in [0.1, 0.15) is 5.82 Å². The first-order valence-corrected chi connectivity index (χ1v) is 15.5. The van der Waals surface area contributed by atoms with Crippen LogP contribution in [0.3, 0.4) is 0 Å². The lowest BCUT2D eigenvalue weighted by Gasteiger charge is -2.43. The molecule has 1 nitrogen and oxygen atoms in total. The number of hydrogen-bond acceptors (Lipinski definition) is 1. The molecule has 2 aliphatic rings. The summed E-state index contributed by atoms with van der Waals surface area (Å²) in [6.07, 6.45) is -7.47. The molecule has 0 saturated heterocycles. The highest BCUT2D eigenvalue weighted by Gasteiger charge is 2.61. The summed E-state index contributed by atoms with van der Waals surface area (Å²) in [5, 5.41) is -11.4. The Bertz CT molecular complexity index is 2480. The van der Waals surface area contributed by atoms with Crippen LogP contribution >= 0.6 is 0 Å². The molecule has 3 atom stereocenters. The summed E-state index contributed by atoms with van der Waals surface area (Å²) >= 11 is 0. The van der Waals surface area contributed by atoms with Gasteiger partial charge >= 0.3 is 0 Å². The lowest BCUT2D eigenvalue weighted by molar-refractivity contribution is 0.0805. The summed E-state index contributed by atoms with van der Waals surface area (Å²) in [7, 11) is 0. The molecule has 0 aromatic heterocycles. The van der Waals surface area contributed by atoms with Crippen molar-refractivity contribution in [3.63, 3.8) is 0 Å². The molecule has 7 rings (SSSR count). The first-order valence-electron chi connectivity index (χ1n) is 15.5. The van der Waals surface area contributed by atoms with Crippen molar-refractivity contribution in [3.8, 4) is 0 Å². The molecule has 5 aromatic rings. The number of anilines is 1. The first-order chi connectivity index (χ1) is 24.9. The lowest BCUT2D eigenvalue weighted by atomic mass is 9.85. The third-order valence-electron chi connectivity index (χ3n) is 9.69. The maximum atomic E-state index is 17.6. The fraction of sp³-hybridized carbons (Fsp3) is 0.257. The van der Waals surface area contributed by atoms with Crippen LogP contribution in [0.15, 0.2) is 23.3 Å². The van der Waals surface area contributed by atoms with E-state index in [1.165, 1.54) is 0 Å². The molecule has 0 aliphatic heterocycles. The van der Waals surface area contributed by atoms with E-state index in [1.54, 1.807) is 6.92 Å². The Balaban J connectivity index is 1.63. The van der Waals surface area contributed by atoms with Crippen LogP contribution in [-0.2, 0) is 0 Å². The minimum atomic E-state index is -5.06. The van der Waals surface area contributed by atoms with Gasteiger partial charge in [-0.05, 0) is 6.42 Å². The van der Waals surface area contributed by atoms with Gasteiger partial charge in [0.15, 0.2) is 88.0 Å². The van der Waals surface area contributed by atoms with Crippen LogP contribution in [0.1, 0.15) is 49.9 Å². The van der Waals surface area contributed by atoms with Gasteiger partial charge in [-0.1, -0.05) is 26.2 Å². The predicted octanol–water partition coefficient (Wildman–Crippen LogP) is 12.3. The van der Waals surface area contributed by atoms with E-state index in [9.17, 15) is 22.0 Å². The minimum absolute atomic E-state index is 0.0927. The summed E-state index contributed by atoms with van der Waals surface area (Å²) in [4.78, 5) is -0.612. The van der Waals surface area contributed by atoms with Crippen molar-refractivity contribution in [2.24, 2.45) is 0 Å². The van der Waals surface area contributed by atoms with E-state index in [0.29, 0.717) is 6.42 Å². The average Bonchev–Trinajstić information content (AvgIpc) is 3.43. The Hall–Kier alpha value is -4.77. The average molecular weight is 773 g/mol. The van der Waals surface area contributed by atoms with Crippen LogP contribution in [0, 0.1) is 69.8 Å². The Kier molecular flexibility index (Phi) is 8.37. The smallest absolute Gasteiger partial charge is 0.273 e. The topological polar surface area (TPSA) is 3.24 Å². The van der Waals surface area contributed by atoms with Gasteiger partial charge in [0.25, 0.3) is 5.79 Å². The molecule has 0 heterocycles. The Labute approximate surface area is 284 Å². The van der Waals surface area contributed by atoms with Gasteiger partial charge in [-0.3, -0.25) is 0 Å². The molecule has 53 heavy (non-hydrogen) atoms. The van der Waals surface area contributed by atoms with Gasteiger partial charge in [0, 0.05) is 51.0 Å².